The van der Waals surface area contributed by atoms with Crippen LogP contribution >= 0.6 is 0 Å². The zero-order valence-electron chi connectivity index (χ0n) is 13.5. The van der Waals surface area contributed by atoms with E-state index in [1.54, 1.807) is 6.33 Å². The molecule has 116 valence electrons. The Bertz CT molecular complexity index is 490. The number of hydrogen-bond acceptors (Lipinski definition) is 5. The number of aromatic nitrogens is 2. The van der Waals surface area contributed by atoms with Crippen molar-refractivity contribution in [3.8, 4) is 0 Å². The van der Waals surface area contributed by atoms with Gasteiger partial charge in [-0.25, -0.2) is 9.97 Å². The lowest BCUT2D eigenvalue weighted by atomic mass is 10.1. The zero-order valence-corrected chi connectivity index (χ0v) is 13.5. The summed E-state index contributed by atoms with van der Waals surface area (Å²) < 4.78 is 0. The first-order chi connectivity index (χ1) is 10.2. The summed E-state index contributed by atoms with van der Waals surface area (Å²) in [5, 5.41) is 3.42. The summed E-state index contributed by atoms with van der Waals surface area (Å²) in [5.74, 6) is 2.10. The van der Waals surface area contributed by atoms with E-state index in [1.807, 2.05) is 0 Å². The highest BCUT2D eigenvalue weighted by Crippen LogP contribution is 2.30. The average molecular weight is 289 g/mol. The Hall–Kier alpha value is -1.36. The predicted octanol–water partition coefficient (Wildman–Crippen LogP) is 2.28. The molecule has 3 heterocycles. The first-order valence-corrected chi connectivity index (χ1v) is 8.27. The van der Waals surface area contributed by atoms with E-state index < -0.39 is 0 Å². The van der Waals surface area contributed by atoms with E-state index in [-0.39, 0.29) is 0 Å². The Morgan fingerprint density at radius 2 is 2.19 bits per heavy atom. The molecule has 2 atom stereocenters. The molecule has 2 saturated heterocycles. The topological polar surface area (TPSA) is 44.3 Å². The van der Waals surface area contributed by atoms with Gasteiger partial charge in [0.1, 0.15) is 18.0 Å². The molecule has 2 aliphatic heterocycles. The maximum atomic E-state index is 4.59. The van der Waals surface area contributed by atoms with Crippen LogP contribution in [0.5, 0.6) is 0 Å². The Labute approximate surface area is 127 Å². The minimum atomic E-state index is 0.520. The summed E-state index contributed by atoms with van der Waals surface area (Å²) in [5.41, 5.74) is 1.18. The fourth-order valence-corrected chi connectivity index (χ4v) is 3.63. The Morgan fingerprint density at radius 3 is 3.00 bits per heavy atom. The van der Waals surface area contributed by atoms with E-state index in [4.69, 9.17) is 0 Å². The first kappa shape index (κ1) is 14.6. The van der Waals surface area contributed by atoms with Crippen LogP contribution < -0.4 is 10.2 Å². The number of piperazine rings is 1. The minimum Gasteiger partial charge on any atom is -0.370 e. The third kappa shape index (κ3) is 2.84. The second-order valence-corrected chi connectivity index (χ2v) is 6.39. The molecule has 21 heavy (non-hydrogen) atoms. The first-order valence-electron chi connectivity index (χ1n) is 8.27. The van der Waals surface area contributed by atoms with Crippen molar-refractivity contribution in [2.45, 2.75) is 52.1 Å². The molecule has 1 N–H and O–H groups in total. The summed E-state index contributed by atoms with van der Waals surface area (Å²) >= 11 is 0. The SMILES string of the molecule is CCCNc1ncnc(N2CC3CCCN3CC2C)c1C. The fraction of sp³-hybridized carbons (Fsp3) is 0.750. The molecule has 0 amide bonds. The van der Waals surface area contributed by atoms with Crippen LogP contribution in [0.4, 0.5) is 11.6 Å². The van der Waals surface area contributed by atoms with Crippen LogP contribution in [0.1, 0.15) is 38.7 Å². The van der Waals surface area contributed by atoms with Gasteiger partial charge in [0.25, 0.3) is 0 Å². The lowest BCUT2D eigenvalue weighted by molar-refractivity contribution is 0.202. The van der Waals surface area contributed by atoms with Crippen molar-refractivity contribution in [1.29, 1.82) is 0 Å². The average Bonchev–Trinajstić information content (AvgIpc) is 2.92. The molecule has 2 aliphatic rings. The number of nitrogens with zero attached hydrogens (tertiary/aromatic N) is 4. The Morgan fingerprint density at radius 1 is 1.33 bits per heavy atom. The van der Waals surface area contributed by atoms with E-state index in [2.05, 4.69) is 45.9 Å². The summed E-state index contributed by atoms with van der Waals surface area (Å²) in [6.45, 7) is 11.1. The molecule has 0 saturated carbocycles. The quantitative estimate of drug-likeness (QED) is 0.921. The van der Waals surface area contributed by atoms with E-state index in [1.165, 1.54) is 24.9 Å². The van der Waals surface area contributed by atoms with Crippen molar-refractivity contribution in [2.75, 3.05) is 36.4 Å². The largest absolute Gasteiger partial charge is 0.370 e. The van der Waals surface area contributed by atoms with Crippen LogP contribution in [-0.4, -0.2) is 53.1 Å². The van der Waals surface area contributed by atoms with Crippen molar-refractivity contribution in [1.82, 2.24) is 14.9 Å². The number of nitrogens with one attached hydrogen (secondary N) is 1. The van der Waals surface area contributed by atoms with Crippen LogP contribution in [-0.2, 0) is 0 Å². The Balaban J connectivity index is 1.82. The second-order valence-electron chi connectivity index (χ2n) is 6.39. The molecular weight excluding hydrogens is 262 g/mol. The van der Waals surface area contributed by atoms with Crippen LogP contribution in [0.25, 0.3) is 0 Å². The molecule has 2 fully saturated rings. The summed E-state index contributed by atoms with van der Waals surface area (Å²) in [6.07, 6.45) is 5.48. The molecule has 5 heteroatoms. The summed E-state index contributed by atoms with van der Waals surface area (Å²) in [4.78, 5) is 14.1. The normalized spacial score (nSPS) is 26.0. The smallest absolute Gasteiger partial charge is 0.137 e. The molecule has 0 radical (unpaired) electrons. The molecule has 0 bridgehead atoms. The lowest BCUT2D eigenvalue weighted by Gasteiger charge is -2.43. The van der Waals surface area contributed by atoms with Gasteiger partial charge in [-0.3, -0.25) is 4.90 Å². The van der Waals surface area contributed by atoms with Gasteiger partial charge >= 0.3 is 0 Å². The molecule has 2 unspecified atom stereocenters. The van der Waals surface area contributed by atoms with Gasteiger partial charge in [-0.2, -0.15) is 0 Å². The molecule has 3 rings (SSSR count). The standard InChI is InChI=1S/C16H27N5/c1-4-7-17-15-13(3)16(19-11-18-15)21-10-14-6-5-8-20(14)9-12(21)2/h11-12,14H,4-10H2,1-3H3,(H,17,18,19). The Kier molecular flexibility index (Phi) is 4.29. The van der Waals surface area contributed by atoms with Gasteiger partial charge in [-0.15, -0.1) is 0 Å². The zero-order chi connectivity index (χ0) is 14.8. The maximum absolute atomic E-state index is 4.59. The van der Waals surface area contributed by atoms with Gasteiger partial charge in [0, 0.05) is 37.3 Å². The molecule has 1 aromatic heterocycles. The number of hydrogen-bond donors (Lipinski definition) is 1. The summed E-state index contributed by atoms with van der Waals surface area (Å²) in [6, 6.07) is 1.23. The molecule has 0 aromatic carbocycles. The van der Waals surface area contributed by atoms with Gasteiger partial charge in [-0.05, 0) is 39.7 Å². The monoisotopic (exact) mass is 289 g/mol. The molecule has 0 spiro atoms. The van der Waals surface area contributed by atoms with E-state index >= 15 is 0 Å². The van der Waals surface area contributed by atoms with E-state index in [0.29, 0.717) is 12.1 Å². The third-order valence-corrected chi connectivity index (χ3v) is 4.81. The van der Waals surface area contributed by atoms with Crippen LogP contribution in [0, 0.1) is 6.92 Å². The highest BCUT2D eigenvalue weighted by Gasteiger charge is 2.35. The van der Waals surface area contributed by atoms with Crippen LogP contribution in [0.2, 0.25) is 0 Å². The van der Waals surface area contributed by atoms with E-state index in [0.717, 1.165) is 37.7 Å². The van der Waals surface area contributed by atoms with Crippen molar-refractivity contribution in [3.05, 3.63) is 11.9 Å². The van der Waals surface area contributed by atoms with Gasteiger partial charge in [0.15, 0.2) is 0 Å². The van der Waals surface area contributed by atoms with Gasteiger partial charge in [0.05, 0.1) is 0 Å². The third-order valence-electron chi connectivity index (χ3n) is 4.81. The van der Waals surface area contributed by atoms with Crippen LogP contribution in [0.3, 0.4) is 0 Å². The second kappa shape index (κ2) is 6.18. The number of rotatable bonds is 4. The molecular formula is C16H27N5. The highest BCUT2D eigenvalue weighted by atomic mass is 15.3. The van der Waals surface area contributed by atoms with Crippen molar-refractivity contribution >= 4 is 11.6 Å². The number of anilines is 2. The molecule has 1 aromatic rings. The fourth-order valence-electron chi connectivity index (χ4n) is 3.63. The predicted molar refractivity (Wildman–Crippen MR) is 87.0 cm³/mol. The van der Waals surface area contributed by atoms with Crippen molar-refractivity contribution < 1.29 is 0 Å². The summed E-state index contributed by atoms with van der Waals surface area (Å²) in [7, 11) is 0. The molecule has 5 nitrogen and oxygen atoms in total. The van der Waals surface area contributed by atoms with Gasteiger partial charge < -0.3 is 10.2 Å². The number of fused-ring (bicyclic) bond motifs is 1. The van der Waals surface area contributed by atoms with Crippen molar-refractivity contribution in [3.63, 3.8) is 0 Å². The van der Waals surface area contributed by atoms with Crippen LogP contribution in [0.15, 0.2) is 6.33 Å². The van der Waals surface area contributed by atoms with Gasteiger partial charge in [0.2, 0.25) is 0 Å². The molecule has 0 aliphatic carbocycles. The lowest BCUT2D eigenvalue weighted by Crippen LogP contribution is -2.55. The maximum Gasteiger partial charge on any atom is 0.137 e. The van der Waals surface area contributed by atoms with Crippen molar-refractivity contribution in [2.24, 2.45) is 0 Å². The highest BCUT2D eigenvalue weighted by molar-refractivity contribution is 5.58. The minimum absolute atomic E-state index is 0.520. The van der Waals surface area contributed by atoms with E-state index in [9.17, 15) is 0 Å². The van der Waals surface area contributed by atoms with Gasteiger partial charge in [-0.1, -0.05) is 6.92 Å².